The minimum Gasteiger partial charge on any atom is -0.387 e. The fourth-order valence-electron chi connectivity index (χ4n) is 1.67. The quantitative estimate of drug-likeness (QED) is 0.812. The molecule has 1 rings (SSSR count). The van der Waals surface area contributed by atoms with E-state index in [1.54, 1.807) is 0 Å². The zero-order valence-corrected chi connectivity index (χ0v) is 9.50. The van der Waals surface area contributed by atoms with Crippen molar-refractivity contribution in [1.29, 1.82) is 0 Å². The largest absolute Gasteiger partial charge is 0.387 e. The number of nitrogens with one attached hydrogen (secondary N) is 1. The maximum Gasteiger partial charge on any atom is 0.159 e. The molecule has 16 heavy (non-hydrogen) atoms. The lowest BCUT2D eigenvalue weighted by molar-refractivity contribution is 0.126. The van der Waals surface area contributed by atoms with E-state index < -0.39 is 17.7 Å². The number of rotatable bonds is 5. The second kappa shape index (κ2) is 5.92. The van der Waals surface area contributed by atoms with Gasteiger partial charge in [-0.15, -0.1) is 0 Å². The number of benzene rings is 1. The molecular formula is C12H17F2NO. The lowest BCUT2D eigenvalue weighted by atomic mass is 10.00. The third kappa shape index (κ3) is 3.00. The van der Waals surface area contributed by atoms with E-state index in [4.69, 9.17) is 0 Å². The molecule has 2 nitrogen and oxygen atoms in total. The van der Waals surface area contributed by atoms with E-state index >= 15 is 0 Å². The average Bonchev–Trinajstić information content (AvgIpc) is 2.28. The lowest BCUT2D eigenvalue weighted by Crippen LogP contribution is -2.34. The highest BCUT2D eigenvalue weighted by Gasteiger charge is 2.19. The van der Waals surface area contributed by atoms with Crippen molar-refractivity contribution in [3.05, 3.63) is 35.4 Å². The predicted octanol–water partition coefficient (Wildman–Crippen LogP) is 2.39. The van der Waals surface area contributed by atoms with Gasteiger partial charge in [-0.05, 0) is 30.7 Å². The molecule has 2 atom stereocenters. The zero-order valence-electron chi connectivity index (χ0n) is 9.50. The van der Waals surface area contributed by atoms with Crippen molar-refractivity contribution in [2.75, 3.05) is 6.54 Å². The highest BCUT2D eigenvalue weighted by molar-refractivity contribution is 5.21. The molecule has 90 valence electrons. The van der Waals surface area contributed by atoms with Crippen molar-refractivity contribution < 1.29 is 13.9 Å². The molecule has 0 amide bonds. The van der Waals surface area contributed by atoms with Gasteiger partial charge in [0.25, 0.3) is 0 Å². The monoisotopic (exact) mass is 229 g/mol. The molecule has 0 aliphatic heterocycles. The molecule has 0 spiro atoms. The summed E-state index contributed by atoms with van der Waals surface area (Å²) < 4.78 is 25.7. The van der Waals surface area contributed by atoms with Gasteiger partial charge in [0.15, 0.2) is 11.6 Å². The van der Waals surface area contributed by atoms with Crippen molar-refractivity contribution in [3.8, 4) is 0 Å². The van der Waals surface area contributed by atoms with E-state index in [1.807, 2.05) is 13.8 Å². The fourth-order valence-corrected chi connectivity index (χ4v) is 1.67. The van der Waals surface area contributed by atoms with Crippen LogP contribution in [-0.2, 0) is 0 Å². The summed E-state index contributed by atoms with van der Waals surface area (Å²) >= 11 is 0. The number of likely N-dealkylation sites (N-methyl/N-ethyl adjacent to an activating group) is 1. The fraction of sp³-hybridized carbons (Fsp3) is 0.500. The SMILES string of the molecule is CCNC(CC)C(O)c1ccc(F)c(F)c1. The highest BCUT2D eigenvalue weighted by Crippen LogP contribution is 2.20. The summed E-state index contributed by atoms with van der Waals surface area (Å²) in [4.78, 5) is 0. The second-order valence-corrected chi connectivity index (χ2v) is 3.69. The number of aliphatic hydroxyl groups is 1. The van der Waals surface area contributed by atoms with Gasteiger partial charge in [0.2, 0.25) is 0 Å². The van der Waals surface area contributed by atoms with Crippen LogP contribution in [0.3, 0.4) is 0 Å². The Morgan fingerprint density at radius 2 is 1.94 bits per heavy atom. The van der Waals surface area contributed by atoms with Gasteiger partial charge in [-0.3, -0.25) is 0 Å². The molecule has 0 heterocycles. The van der Waals surface area contributed by atoms with Crippen molar-refractivity contribution >= 4 is 0 Å². The van der Waals surface area contributed by atoms with E-state index in [2.05, 4.69) is 5.32 Å². The van der Waals surface area contributed by atoms with Crippen LogP contribution in [0.5, 0.6) is 0 Å². The third-order valence-corrected chi connectivity index (χ3v) is 2.57. The van der Waals surface area contributed by atoms with Crippen LogP contribution in [0, 0.1) is 11.6 Å². The van der Waals surface area contributed by atoms with Crippen molar-refractivity contribution in [2.45, 2.75) is 32.4 Å². The van der Waals surface area contributed by atoms with Gasteiger partial charge in [0.1, 0.15) is 0 Å². The molecule has 1 aromatic carbocycles. The Bertz CT molecular complexity index is 344. The maximum atomic E-state index is 13.0. The Morgan fingerprint density at radius 1 is 1.25 bits per heavy atom. The van der Waals surface area contributed by atoms with Gasteiger partial charge < -0.3 is 10.4 Å². The Balaban J connectivity index is 2.85. The molecule has 0 bridgehead atoms. The first kappa shape index (κ1) is 13.1. The standard InChI is InChI=1S/C12H17F2NO/c1-3-11(15-4-2)12(16)8-5-6-9(13)10(14)7-8/h5-7,11-12,15-16H,3-4H2,1-2H3. The molecule has 0 saturated heterocycles. The molecule has 0 fully saturated rings. The van der Waals surface area contributed by atoms with Crippen LogP contribution in [-0.4, -0.2) is 17.7 Å². The van der Waals surface area contributed by atoms with Gasteiger partial charge in [-0.25, -0.2) is 8.78 Å². The molecule has 0 aliphatic rings. The molecule has 0 aromatic heterocycles. The van der Waals surface area contributed by atoms with E-state index in [-0.39, 0.29) is 6.04 Å². The zero-order chi connectivity index (χ0) is 12.1. The summed E-state index contributed by atoms with van der Waals surface area (Å²) in [5.74, 6) is -1.82. The molecule has 0 aliphatic carbocycles. The molecule has 4 heteroatoms. The van der Waals surface area contributed by atoms with Gasteiger partial charge in [-0.1, -0.05) is 19.9 Å². The van der Waals surface area contributed by atoms with Crippen LogP contribution < -0.4 is 5.32 Å². The summed E-state index contributed by atoms with van der Waals surface area (Å²) in [7, 11) is 0. The number of hydrogen-bond donors (Lipinski definition) is 2. The van der Waals surface area contributed by atoms with Gasteiger partial charge in [-0.2, -0.15) is 0 Å². The molecular weight excluding hydrogens is 212 g/mol. The Kier molecular flexibility index (Phi) is 4.83. The Morgan fingerprint density at radius 3 is 2.44 bits per heavy atom. The number of halogens is 2. The van der Waals surface area contributed by atoms with Gasteiger partial charge >= 0.3 is 0 Å². The molecule has 1 aromatic rings. The summed E-state index contributed by atoms with van der Waals surface area (Å²) in [6.45, 7) is 4.58. The Labute approximate surface area is 94.3 Å². The Hall–Kier alpha value is -1.00. The van der Waals surface area contributed by atoms with Crippen LogP contribution in [0.1, 0.15) is 31.9 Å². The van der Waals surface area contributed by atoms with E-state index in [1.165, 1.54) is 6.07 Å². The molecule has 0 saturated carbocycles. The summed E-state index contributed by atoms with van der Waals surface area (Å²) in [6, 6.07) is 3.34. The average molecular weight is 229 g/mol. The van der Waals surface area contributed by atoms with Crippen LogP contribution in [0.25, 0.3) is 0 Å². The lowest BCUT2D eigenvalue weighted by Gasteiger charge is -2.22. The number of aliphatic hydroxyl groups excluding tert-OH is 1. The van der Waals surface area contributed by atoms with Crippen LogP contribution >= 0.6 is 0 Å². The summed E-state index contributed by atoms with van der Waals surface area (Å²) in [5.41, 5.74) is 0.395. The highest BCUT2D eigenvalue weighted by atomic mass is 19.2. The minimum atomic E-state index is -0.928. The maximum absolute atomic E-state index is 13.0. The predicted molar refractivity (Wildman–Crippen MR) is 59.1 cm³/mol. The second-order valence-electron chi connectivity index (χ2n) is 3.69. The van der Waals surface area contributed by atoms with Crippen molar-refractivity contribution in [1.82, 2.24) is 5.32 Å². The third-order valence-electron chi connectivity index (χ3n) is 2.57. The van der Waals surface area contributed by atoms with Crippen LogP contribution in [0.15, 0.2) is 18.2 Å². The normalized spacial score (nSPS) is 14.8. The van der Waals surface area contributed by atoms with Gasteiger partial charge in [0, 0.05) is 6.04 Å². The van der Waals surface area contributed by atoms with E-state index in [0.717, 1.165) is 18.7 Å². The summed E-state index contributed by atoms with van der Waals surface area (Å²) in [6.07, 6.45) is -0.103. The minimum absolute atomic E-state index is 0.144. The van der Waals surface area contributed by atoms with E-state index in [0.29, 0.717) is 12.0 Å². The first-order chi connectivity index (χ1) is 7.60. The molecule has 0 radical (unpaired) electrons. The molecule has 2 unspecified atom stereocenters. The summed E-state index contributed by atoms with van der Waals surface area (Å²) in [5, 5.41) is 13.1. The van der Waals surface area contributed by atoms with Crippen LogP contribution in [0.2, 0.25) is 0 Å². The van der Waals surface area contributed by atoms with Crippen molar-refractivity contribution in [2.24, 2.45) is 0 Å². The first-order valence-corrected chi connectivity index (χ1v) is 5.46. The van der Waals surface area contributed by atoms with E-state index in [9.17, 15) is 13.9 Å². The van der Waals surface area contributed by atoms with Crippen LogP contribution in [0.4, 0.5) is 8.78 Å². The molecule has 2 N–H and O–H groups in total. The van der Waals surface area contributed by atoms with Gasteiger partial charge in [0.05, 0.1) is 6.10 Å². The first-order valence-electron chi connectivity index (χ1n) is 5.46. The smallest absolute Gasteiger partial charge is 0.159 e. The number of hydrogen-bond acceptors (Lipinski definition) is 2. The van der Waals surface area contributed by atoms with Crippen molar-refractivity contribution in [3.63, 3.8) is 0 Å². The topological polar surface area (TPSA) is 32.3 Å².